The molecule has 3 aromatic rings. The first kappa shape index (κ1) is 15.4. The molecule has 0 aliphatic carbocycles. The molecule has 0 atom stereocenters. The van der Waals surface area contributed by atoms with Crippen LogP contribution in [0.3, 0.4) is 0 Å². The molecule has 1 aromatic carbocycles. The van der Waals surface area contributed by atoms with Gasteiger partial charge in [0, 0.05) is 29.6 Å². The molecular formula is C17H11ClF2N2O. The van der Waals surface area contributed by atoms with Crippen LogP contribution in [0.25, 0.3) is 11.1 Å². The van der Waals surface area contributed by atoms with Crippen molar-refractivity contribution in [2.24, 2.45) is 0 Å². The van der Waals surface area contributed by atoms with Crippen molar-refractivity contribution in [2.45, 2.75) is 6.61 Å². The smallest absolute Gasteiger partial charge is 0.213 e. The molecule has 0 aliphatic heterocycles. The second kappa shape index (κ2) is 6.71. The van der Waals surface area contributed by atoms with E-state index in [0.29, 0.717) is 27.5 Å². The molecule has 0 spiro atoms. The minimum atomic E-state index is -0.629. The number of aromatic nitrogens is 2. The van der Waals surface area contributed by atoms with E-state index in [-0.39, 0.29) is 12.4 Å². The molecular weight excluding hydrogens is 322 g/mol. The number of hydrogen-bond acceptors (Lipinski definition) is 3. The quantitative estimate of drug-likeness (QED) is 0.652. The van der Waals surface area contributed by atoms with E-state index in [0.717, 1.165) is 0 Å². The van der Waals surface area contributed by atoms with Crippen LogP contribution in [0.2, 0.25) is 5.02 Å². The Bertz CT molecular complexity index is 842. The number of halogens is 3. The summed E-state index contributed by atoms with van der Waals surface area (Å²) in [5.74, 6) is -0.479. The Kier molecular flexibility index (Phi) is 4.48. The minimum Gasteiger partial charge on any atom is -0.487 e. The topological polar surface area (TPSA) is 35.0 Å². The first-order chi connectivity index (χ1) is 11.1. The average Bonchev–Trinajstić information content (AvgIpc) is 2.55. The molecule has 116 valence electrons. The summed E-state index contributed by atoms with van der Waals surface area (Å²) in [5.41, 5.74) is 1.78. The molecule has 0 unspecified atom stereocenters. The van der Waals surface area contributed by atoms with Crippen molar-refractivity contribution >= 4 is 11.6 Å². The van der Waals surface area contributed by atoms with Gasteiger partial charge in [-0.3, -0.25) is 4.98 Å². The van der Waals surface area contributed by atoms with Crippen LogP contribution < -0.4 is 4.74 Å². The number of rotatable bonds is 4. The summed E-state index contributed by atoms with van der Waals surface area (Å²) in [6.07, 6.45) is 4.32. The van der Waals surface area contributed by atoms with Crippen molar-refractivity contribution in [3.8, 4) is 16.9 Å². The van der Waals surface area contributed by atoms with E-state index < -0.39 is 5.95 Å². The lowest BCUT2D eigenvalue weighted by Gasteiger charge is -2.09. The lowest BCUT2D eigenvalue weighted by molar-refractivity contribution is 0.304. The summed E-state index contributed by atoms with van der Waals surface area (Å²) in [7, 11) is 0. The predicted molar refractivity (Wildman–Crippen MR) is 83.2 cm³/mol. The Morgan fingerprint density at radius 2 is 1.91 bits per heavy atom. The number of hydrogen-bond donors (Lipinski definition) is 0. The van der Waals surface area contributed by atoms with Crippen LogP contribution >= 0.6 is 11.6 Å². The first-order valence-corrected chi connectivity index (χ1v) is 7.13. The molecule has 23 heavy (non-hydrogen) atoms. The Labute approximate surface area is 136 Å². The molecule has 0 amide bonds. The standard InChI is InChI=1S/C17H11ClF2N2O/c18-16-9-22-17(20)6-15(16)12-5-14(8-21-7-12)23-10-11-2-1-3-13(19)4-11/h1-9H,10H2. The summed E-state index contributed by atoms with van der Waals surface area (Å²) in [6.45, 7) is 0.196. The van der Waals surface area contributed by atoms with Crippen molar-refractivity contribution in [3.05, 3.63) is 77.3 Å². The Morgan fingerprint density at radius 3 is 2.74 bits per heavy atom. The molecule has 3 rings (SSSR count). The summed E-state index contributed by atoms with van der Waals surface area (Å²) in [6, 6.07) is 9.05. The molecule has 0 aliphatic rings. The van der Waals surface area contributed by atoms with Crippen molar-refractivity contribution < 1.29 is 13.5 Å². The zero-order valence-electron chi connectivity index (χ0n) is 11.8. The number of benzene rings is 1. The molecule has 0 N–H and O–H groups in total. The highest BCUT2D eigenvalue weighted by Crippen LogP contribution is 2.29. The van der Waals surface area contributed by atoms with Crippen molar-refractivity contribution in [1.29, 1.82) is 0 Å². The van der Waals surface area contributed by atoms with E-state index in [2.05, 4.69) is 9.97 Å². The fraction of sp³-hybridized carbons (Fsp3) is 0.0588. The Morgan fingerprint density at radius 1 is 1.04 bits per heavy atom. The van der Waals surface area contributed by atoms with Crippen LogP contribution in [-0.4, -0.2) is 9.97 Å². The van der Waals surface area contributed by atoms with Gasteiger partial charge in [0.25, 0.3) is 0 Å². The monoisotopic (exact) mass is 332 g/mol. The number of nitrogens with zero attached hydrogens (tertiary/aromatic N) is 2. The highest BCUT2D eigenvalue weighted by atomic mass is 35.5. The second-order valence-electron chi connectivity index (χ2n) is 4.81. The van der Waals surface area contributed by atoms with Gasteiger partial charge in [-0.25, -0.2) is 9.37 Å². The van der Waals surface area contributed by atoms with Crippen LogP contribution in [0.1, 0.15) is 5.56 Å². The van der Waals surface area contributed by atoms with E-state index in [1.54, 1.807) is 24.4 Å². The lowest BCUT2D eigenvalue weighted by atomic mass is 10.1. The van der Waals surface area contributed by atoms with E-state index in [4.69, 9.17) is 16.3 Å². The van der Waals surface area contributed by atoms with Gasteiger partial charge in [0.15, 0.2) is 0 Å². The van der Waals surface area contributed by atoms with Crippen LogP contribution in [0.15, 0.2) is 55.0 Å². The largest absolute Gasteiger partial charge is 0.487 e. The molecule has 0 bridgehead atoms. The van der Waals surface area contributed by atoms with Gasteiger partial charge in [0.2, 0.25) is 5.95 Å². The van der Waals surface area contributed by atoms with E-state index >= 15 is 0 Å². The highest BCUT2D eigenvalue weighted by Gasteiger charge is 2.08. The molecule has 2 aromatic heterocycles. The van der Waals surface area contributed by atoms with Gasteiger partial charge in [0.1, 0.15) is 18.2 Å². The molecule has 3 nitrogen and oxygen atoms in total. The average molecular weight is 333 g/mol. The normalized spacial score (nSPS) is 10.6. The fourth-order valence-electron chi connectivity index (χ4n) is 2.07. The zero-order valence-corrected chi connectivity index (χ0v) is 12.6. The zero-order chi connectivity index (χ0) is 16.2. The van der Waals surface area contributed by atoms with Crippen molar-refractivity contribution in [3.63, 3.8) is 0 Å². The fourth-order valence-corrected chi connectivity index (χ4v) is 2.29. The molecule has 0 saturated carbocycles. The van der Waals surface area contributed by atoms with Crippen LogP contribution in [0, 0.1) is 11.8 Å². The maximum Gasteiger partial charge on any atom is 0.213 e. The number of ether oxygens (including phenoxy) is 1. The third-order valence-corrected chi connectivity index (χ3v) is 3.44. The van der Waals surface area contributed by atoms with Gasteiger partial charge in [-0.2, -0.15) is 4.39 Å². The third kappa shape index (κ3) is 3.81. The summed E-state index contributed by atoms with van der Waals surface area (Å²) >= 11 is 6.03. The van der Waals surface area contributed by atoms with Gasteiger partial charge in [-0.05, 0) is 23.8 Å². The summed E-state index contributed by atoms with van der Waals surface area (Å²) < 4.78 is 32.0. The predicted octanol–water partition coefficient (Wildman–Crippen LogP) is 4.65. The van der Waals surface area contributed by atoms with Crippen molar-refractivity contribution in [2.75, 3.05) is 0 Å². The molecule has 2 heterocycles. The minimum absolute atomic E-state index is 0.196. The van der Waals surface area contributed by atoms with Gasteiger partial charge in [0.05, 0.1) is 11.2 Å². The van der Waals surface area contributed by atoms with Crippen molar-refractivity contribution in [1.82, 2.24) is 9.97 Å². The maximum atomic E-state index is 13.3. The summed E-state index contributed by atoms with van der Waals surface area (Å²) in [4.78, 5) is 7.55. The Balaban J connectivity index is 1.81. The maximum absolute atomic E-state index is 13.3. The van der Waals surface area contributed by atoms with Gasteiger partial charge in [-0.1, -0.05) is 23.7 Å². The second-order valence-corrected chi connectivity index (χ2v) is 5.22. The van der Waals surface area contributed by atoms with Gasteiger partial charge in [-0.15, -0.1) is 0 Å². The van der Waals surface area contributed by atoms with E-state index in [1.165, 1.54) is 30.6 Å². The first-order valence-electron chi connectivity index (χ1n) is 6.75. The molecule has 0 saturated heterocycles. The van der Waals surface area contributed by atoms with E-state index in [1.807, 2.05) is 0 Å². The highest BCUT2D eigenvalue weighted by molar-refractivity contribution is 6.33. The third-order valence-electron chi connectivity index (χ3n) is 3.14. The van der Waals surface area contributed by atoms with E-state index in [9.17, 15) is 8.78 Å². The van der Waals surface area contributed by atoms with Crippen LogP contribution in [0.5, 0.6) is 5.75 Å². The SMILES string of the molecule is Fc1cccc(COc2cncc(-c3cc(F)ncc3Cl)c2)c1. The van der Waals surface area contributed by atoms with Crippen LogP contribution in [0.4, 0.5) is 8.78 Å². The summed E-state index contributed by atoms with van der Waals surface area (Å²) in [5, 5.41) is 0.315. The molecule has 0 radical (unpaired) electrons. The Hall–Kier alpha value is -2.53. The number of pyridine rings is 2. The molecule has 0 fully saturated rings. The van der Waals surface area contributed by atoms with Crippen LogP contribution in [-0.2, 0) is 6.61 Å². The molecule has 6 heteroatoms. The van der Waals surface area contributed by atoms with Gasteiger partial charge >= 0.3 is 0 Å². The van der Waals surface area contributed by atoms with Gasteiger partial charge < -0.3 is 4.74 Å². The lowest BCUT2D eigenvalue weighted by Crippen LogP contribution is -1.97.